The van der Waals surface area contributed by atoms with Crippen LogP contribution in [0.1, 0.15) is 20.1 Å². The average molecular weight is 352 g/mol. The van der Waals surface area contributed by atoms with Crippen molar-refractivity contribution in [2.24, 2.45) is 0 Å². The minimum atomic E-state index is -3.52. The lowest BCUT2D eigenvalue weighted by atomic mass is 10.1. The zero-order chi connectivity index (χ0) is 17.0. The molecular formula is C16H20N2O3S2. The molecule has 23 heavy (non-hydrogen) atoms. The molecule has 0 bridgehead atoms. The Bertz CT molecular complexity index is 781. The van der Waals surface area contributed by atoms with Gasteiger partial charge in [0.25, 0.3) is 5.91 Å². The van der Waals surface area contributed by atoms with Gasteiger partial charge in [-0.2, -0.15) is 0 Å². The summed E-state index contributed by atoms with van der Waals surface area (Å²) < 4.78 is 25.5. The number of nitrogens with one attached hydrogen (secondary N) is 1. The molecule has 124 valence electrons. The zero-order valence-corrected chi connectivity index (χ0v) is 15.0. The van der Waals surface area contributed by atoms with E-state index in [2.05, 4.69) is 5.32 Å². The number of thiophene rings is 1. The summed E-state index contributed by atoms with van der Waals surface area (Å²) in [6.07, 6.45) is 0.736. The second-order valence-corrected chi connectivity index (χ2v) is 8.69. The lowest BCUT2D eigenvalue weighted by Crippen LogP contribution is -2.25. The molecule has 1 aromatic carbocycles. The molecule has 0 atom stereocenters. The van der Waals surface area contributed by atoms with Crippen molar-refractivity contribution >= 4 is 27.3 Å². The third kappa shape index (κ3) is 4.19. The van der Waals surface area contributed by atoms with Crippen molar-refractivity contribution in [1.82, 2.24) is 9.62 Å². The summed E-state index contributed by atoms with van der Waals surface area (Å²) in [5.41, 5.74) is 1.14. The lowest BCUT2D eigenvalue weighted by Gasteiger charge is -2.10. The van der Waals surface area contributed by atoms with Crippen LogP contribution in [-0.4, -0.2) is 39.3 Å². The third-order valence-electron chi connectivity index (χ3n) is 3.40. The Morgan fingerprint density at radius 1 is 1.22 bits per heavy atom. The maximum absolute atomic E-state index is 12.2. The highest BCUT2D eigenvalue weighted by Crippen LogP contribution is 2.27. The van der Waals surface area contributed by atoms with E-state index in [1.165, 1.54) is 31.5 Å². The van der Waals surface area contributed by atoms with Crippen molar-refractivity contribution in [1.29, 1.82) is 0 Å². The van der Waals surface area contributed by atoms with E-state index < -0.39 is 10.0 Å². The van der Waals surface area contributed by atoms with Gasteiger partial charge in [-0.1, -0.05) is 30.3 Å². The standard InChI is InChI=1S/C16H20N2O3S2/c1-12-15(23(20,21)18(2)3)11-14(22-12)16(19)17-10-9-13-7-5-4-6-8-13/h4-8,11H,9-10H2,1-3H3,(H,17,19). The Morgan fingerprint density at radius 3 is 2.48 bits per heavy atom. The third-order valence-corrected chi connectivity index (χ3v) is 6.52. The lowest BCUT2D eigenvalue weighted by molar-refractivity contribution is 0.0958. The normalized spacial score (nSPS) is 11.7. The summed E-state index contributed by atoms with van der Waals surface area (Å²) in [7, 11) is -0.564. The van der Waals surface area contributed by atoms with Gasteiger partial charge in [0.15, 0.2) is 0 Å². The molecule has 1 aromatic heterocycles. The van der Waals surface area contributed by atoms with Gasteiger partial charge in [0, 0.05) is 25.5 Å². The Labute approximate surface area is 141 Å². The van der Waals surface area contributed by atoms with Gasteiger partial charge < -0.3 is 5.32 Å². The molecule has 0 aliphatic heterocycles. The minimum absolute atomic E-state index is 0.195. The van der Waals surface area contributed by atoms with E-state index >= 15 is 0 Å². The highest BCUT2D eigenvalue weighted by molar-refractivity contribution is 7.89. The monoisotopic (exact) mass is 352 g/mol. The SMILES string of the molecule is Cc1sc(C(=O)NCCc2ccccc2)cc1S(=O)(=O)N(C)C. The number of hydrogen-bond donors (Lipinski definition) is 1. The Morgan fingerprint density at radius 2 is 1.87 bits per heavy atom. The van der Waals surface area contributed by atoms with Crippen LogP contribution in [0.25, 0.3) is 0 Å². The fraction of sp³-hybridized carbons (Fsp3) is 0.312. The fourth-order valence-electron chi connectivity index (χ4n) is 2.08. The number of sulfonamides is 1. The molecule has 0 aliphatic rings. The summed E-state index contributed by atoms with van der Waals surface area (Å²) in [5, 5.41) is 2.83. The van der Waals surface area contributed by atoms with Crippen molar-refractivity contribution in [2.45, 2.75) is 18.2 Å². The Hall–Kier alpha value is -1.70. The minimum Gasteiger partial charge on any atom is -0.351 e. The second kappa shape index (κ2) is 7.25. The maximum Gasteiger partial charge on any atom is 0.261 e. The first-order chi connectivity index (χ1) is 10.8. The zero-order valence-electron chi connectivity index (χ0n) is 13.4. The quantitative estimate of drug-likeness (QED) is 0.867. The average Bonchev–Trinajstić information content (AvgIpc) is 2.91. The van der Waals surface area contributed by atoms with Crippen LogP contribution >= 0.6 is 11.3 Å². The highest BCUT2D eigenvalue weighted by atomic mass is 32.2. The summed E-state index contributed by atoms with van der Waals surface area (Å²) in [6, 6.07) is 11.3. The van der Waals surface area contributed by atoms with Crippen molar-refractivity contribution in [2.75, 3.05) is 20.6 Å². The topological polar surface area (TPSA) is 66.5 Å². The number of hydrogen-bond acceptors (Lipinski definition) is 4. The Kier molecular flexibility index (Phi) is 5.56. The molecule has 0 saturated carbocycles. The van der Waals surface area contributed by atoms with Gasteiger partial charge in [0.2, 0.25) is 10.0 Å². The molecule has 1 amide bonds. The molecule has 0 unspecified atom stereocenters. The summed E-state index contributed by atoms with van der Waals surface area (Å²) >= 11 is 1.20. The van der Waals surface area contributed by atoms with Crippen LogP contribution in [0.3, 0.4) is 0 Å². The van der Waals surface area contributed by atoms with E-state index in [4.69, 9.17) is 0 Å². The molecule has 2 rings (SSSR count). The van der Waals surface area contributed by atoms with Crippen LogP contribution in [-0.2, 0) is 16.4 Å². The highest BCUT2D eigenvalue weighted by Gasteiger charge is 2.24. The molecule has 0 spiro atoms. The van der Waals surface area contributed by atoms with Gasteiger partial charge in [0.05, 0.1) is 9.77 Å². The first-order valence-corrected chi connectivity index (χ1v) is 9.43. The molecule has 1 heterocycles. The number of rotatable bonds is 6. The molecule has 7 heteroatoms. The van der Waals surface area contributed by atoms with Crippen molar-refractivity contribution in [3.63, 3.8) is 0 Å². The van der Waals surface area contributed by atoms with Gasteiger partial charge in [-0.3, -0.25) is 4.79 Å². The number of benzene rings is 1. The van der Waals surface area contributed by atoms with Gasteiger partial charge in [0.1, 0.15) is 0 Å². The molecule has 0 fully saturated rings. The first-order valence-electron chi connectivity index (χ1n) is 7.17. The van der Waals surface area contributed by atoms with Crippen LogP contribution in [0, 0.1) is 6.92 Å². The van der Waals surface area contributed by atoms with Gasteiger partial charge in [-0.15, -0.1) is 11.3 Å². The number of aryl methyl sites for hydroxylation is 1. The number of nitrogens with zero attached hydrogens (tertiary/aromatic N) is 1. The van der Waals surface area contributed by atoms with Crippen LogP contribution < -0.4 is 5.32 Å². The molecule has 0 aliphatic carbocycles. The van der Waals surface area contributed by atoms with E-state index in [0.29, 0.717) is 16.3 Å². The number of carbonyl (C=O) groups is 1. The summed E-state index contributed by atoms with van der Waals surface area (Å²) in [4.78, 5) is 13.4. The summed E-state index contributed by atoms with van der Waals surface area (Å²) in [5.74, 6) is -0.241. The molecule has 0 saturated heterocycles. The van der Waals surface area contributed by atoms with Gasteiger partial charge >= 0.3 is 0 Å². The number of amides is 1. The van der Waals surface area contributed by atoms with E-state index in [1.54, 1.807) is 6.92 Å². The largest absolute Gasteiger partial charge is 0.351 e. The van der Waals surface area contributed by atoms with Crippen LogP contribution in [0.5, 0.6) is 0 Å². The van der Waals surface area contributed by atoms with Gasteiger partial charge in [-0.05, 0) is 25.0 Å². The first kappa shape index (κ1) is 17.7. The molecule has 1 N–H and O–H groups in total. The molecule has 2 aromatic rings. The van der Waals surface area contributed by atoms with Crippen LogP contribution in [0.15, 0.2) is 41.3 Å². The predicted molar refractivity (Wildman–Crippen MR) is 92.4 cm³/mol. The van der Waals surface area contributed by atoms with E-state index in [0.717, 1.165) is 16.3 Å². The maximum atomic E-state index is 12.2. The van der Waals surface area contributed by atoms with Crippen molar-refractivity contribution in [3.8, 4) is 0 Å². The number of carbonyl (C=O) groups excluding carboxylic acids is 1. The Balaban J connectivity index is 2.04. The van der Waals surface area contributed by atoms with Crippen LogP contribution in [0.2, 0.25) is 0 Å². The second-order valence-electron chi connectivity index (χ2n) is 5.31. The smallest absolute Gasteiger partial charge is 0.261 e. The van der Waals surface area contributed by atoms with E-state index in [1.807, 2.05) is 30.3 Å². The molecule has 0 radical (unpaired) electrons. The fourth-order valence-corrected chi connectivity index (χ4v) is 4.45. The molecule has 5 nitrogen and oxygen atoms in total. The predicted octanol–water partition coefficient (Wildman–Crippen LogP) is 2.28. The summed E-state index contributed by atoms with van der Waals surface area (Å²) in [6.45, 7) is 2.22. The van der Waals surface area contributed by atoms with Crippen molar-refractivity contribution < 1.29 is 13.2 Å². The molecular weight excluding hydrogens is 332 g/mol. The van der Waals surface area contributed by atoms with E-state index in [-0.39, 0.29) is 10.8 Å². The van der Waals surface area contributed by atoms with Crippen LogP contribution in [0.4, 0.5) is 0 Å². The van der Waals surface area contributed by atoms with E-state index in [9.17, 15) is 13.2 Å². The van der Waals surface area contributed by atoms with Gasteiger partial charge in [-0.25, -0.2) is 12.7 Å². The van der Waals surface area contributed by atoms with Crippen molar-refractivity contribution in [3.05, 3.63) is 51.7 Å².